The minimum absolute atomic E-state index is 0.0918. The minimum Gasteiger partial charge on any atom is -0.356 e. The van der Waals surface area contributed by atoms with Gasteiger partial charge < -0.3 is 4.98 Å². The van der Waals surface area contributed by atoms with Gasteiger partial charge in [0.2, 0.25) is 11.3 Å². The molecule has 0 fully saturated rings. The molecule has 9 heteroatoms. The maximum Gasteiger partial charge on any atom is 0.286 e. The van der Waals surface area contributed by atoms with Crippen molar-refractivity contribution < 1.29 is 9.59 Å². The third kappa shape index (κ3) is 3.94. The highest BCUT2D eigenvalue weighted by molar-refractivity contribution is 9.10. The Labute approximate surface area is 150 Å². The Bertz CT molecular complexity index is 995. The lowest BCUT2D eigenvalue weighted by molar-refractivity contribution is -0.122. The number of carbonyl (C=O) groups is 2. The van der Waals surface area contributed by atoms with Gasteiger partial charge >= 0.3 is 0 Å². The highest BCUT2D eigenvalue weighted by atomic mass is 79.9. The molecule has 0 radical (unpaired) electrons. The largest absolute Gasteiger partial charge is 0.356 e. The second kappa shape index (κ2) is 7.31. The number of rotatable bonds is 4. The predicted octanol–water partition coefficient (Wildman–Crippen LogP) is 1.34. The van der Waals surface area contributed by atoms with E-state index >= 15 is 0 Å². The summed E-state index contributed by atoms with van der Waals surface area (Å²) in [5.74, 6) is -0.825. The summed E-state index contributed by atoms with van der Waals surface area (Å²) >= 11 is 3.23. The molecule has 3 rings (SSSR count). The van der Waals surface area contributed by atoms with Crippen molar-refractivity contribution in [1.29, 1.82) is 0 Å². The molecule has 3 N–H and O–H groups in total. The lowest BCUT2D eigenvalue weighted by Crippen LogP contribution is -2.42. The van der Waals surface area contributed by atoms with Crippen LogP contribution in [0.3, 0.4) is 0 Å². The summed E-state index contributed by atoms with van der Waals surface area (Å²) < 4.78 is 2.32. The van der Waals surface area contributed by atoms with Crippen LogP contribution in [-0.2, 0) is 11.3 Å². The highest BCUT2D eigenvalue weighted by Gasteiger charge is 2.10. The highest BCUT2D eigenvalue weighted by Crippen LogP contribution is 2.10. The summed E-state index contributed by atoms with van der Waals surface area (Å²) in [6, 6.07) is 8.65. The summed E-state index contributed by atoms with van der Waals surface area (Å²) in [5, 5.41) is 4.60. The van der Waals surface area contributed by atoms with Crippen molar-refractivity contribution in [2.45, 2.75) is 13.0 Å². The van der Waals surface area contributed by atoms with Crippen LogP contribution in [0.2, 0.25) is 0 Å². The van der Waals surface area contributed by atoms with E-state index in [1.807, 2.05) is 0 Å². The molecule has 2 heterocycles. The average molecular weight is 404 g/mol. The Morgan fingerprint density at radius 1 is 1.24 bits per heavy atom. The lowest BCUT2D eigenvalue weighted by Gasteiger charge is -2.10. The Hall–Kier alpha value is -2.94. The molecule has 0 saturated heterocycles. The van der Waals surface area contributed by atoms with E-state index in [2.05, 4.69) is 36.9 Å². The van der Waals surface area contributed by atoms with Crippen LogP contribution in [0.25, 0.3) is 10.9 Å². The van der Waals surface area contributed by atoms with Crippen LogP contribution in [0.5, 0.6) is 0 Å². The zero-order valence-electron chi connectivity index (χ0n) is 13.0. The van der Waals surface area contributed by atoms with Crippen molar-refractivity contribution in [2.75, 3.05) is 0 Å². The molecule has 0 saturated carbocycles. The average Bonchev–Trinajstić information content (AvgIpc) is 3.06. The van der Waals surface area contributed by atoms with E-state index in [-0.39, 0.29) is 24.3 Å². The molecular formula is C16H14BrN5O3. The molecule has 0 aliphatic rings. The quantitative estimate of drug-likeness (QED) is 0.571. The Morgan fingerprint density at radius 2 is 2.04 bits per heavy atom. The molecule has 1 aromatic carbocycles. The van der Waals surface area contributed by atoms with Crippen molar-refractivity contribution in [2.24, 2.45) is 0 Å². The van der Waals surface area contributed by atoms with Crippen molar-refractivity contribution in [1.82, 2.24) is 25.6 Å². The smallest absolute Gasteiger partial charge is 0.286 e. The number of hydrogen-bond acceptors (Lipinski definition) is 4. The summed E-state index contributed by atoms with van der Waals surface area (Å²) in [6.07, 6.45) is 2.93. The first-order valence-corrected chi connectivity index (χ1v) is 8.22. The number of amides is 2. The Kier molecular flexibility index (Phi) is 4.94. The molecule has 0 spiro atoms. The van der Waals surface area contributed by atoms with Gasteiger partial charge in [-0.2, -0.15) is 5.10 Å². The lowest BCUT2D eigenvalue weighted by atomic mass is 10.2. The number of hydrazine groups is 1. The van der Waals surface area contributed by atoms with Gasteiger partial charge in [-0.15, -0.1) is 0 Å². The molecule has 128 valence electrons. The predicted molar refractivity (Wildman–Crippen MR) is 94.7 cm³/mol. The molecular weight excluding hydrogens is 390 g/mol. The van der Waals surface area contributed by atoms with Crippen LogP contribution in [0.15, 0.2) is 52.0 Å². The van der Waals surface area contributed by atoms with Gasteiger partial charge in [0.05, 0.1) is 18.3 Å². The van der Waals surface area contributed by atoms with Crippen molar-refractivity contribution >= 4 is 38.6 Å². The number of fused-ring (bicyclic) bond motifs is 1. The van der Waals surface area contributed by atoms with Crippen LogP contribution in [-0.4, -0.2) is 26.6 Å². The van der Waals surface area contributed by atoms with E-state index in [0.29, 0.717) is 16.6 Å². The SMILES string of the molecule is O=C(CCn1ncc(=O)c2ccccc21)NNC(=O)c1cc(Br)c[nH]1. The molecule has 0 unspecified atom stereocenters. The van der Waals surface area contributed by atoms with Crippen LogP contribution in [0.4, 0.5) is 0 Å². The number of carbonyl (C=O) groups excluding carboxylic acids is 2. The van der Waals surface area contributed by atoms with Gasteiger partial charge in [0.25, 0.3) is 5.91 Å². The van der Waals surface area contributed by atoms with E-state index < -0.39 is 5.91 Å². The molecule has 0 aliphatic heterocycles. The van der Waals surface area contributed by atoms with Crippen LogP contribution >= 0.6 is 15.9 Å². The van der Waals surface area contributed by atoms with Crippen LogP contribution in [0.1, 0.15) is 16.9 Å². The summed E-state index contributed by atoms with van der Waals surface area (Å²) in [4.78, 5) is 38.3. The summed E-state index contributed by atoms with van der Waals surface area (Å²) in [7, 11) is 0. The standard InChI is InChI=1S/C16H14BrN5O3/c17-10-7-12(18-8-10)16(25)21-20-15(24)5-6-22-13-4-2-1-3-11(13)14(23)9-19-22/h1-4,7-9,18H,5-6H2,(H,20,24)(H,21,25). The molecule has 0 atom stereocenters. The second-order valence-corrected chi connectivity index (χ2v) is 6.15. The van der Waals surface area contributed by atoms with Gasteiger partial charge in [-0.1, -0.05) is 12.1 Å². The molecule has 2 aromatic heterocycles. The van der Waals surface area contributed by atoms with E-state index in [1.54, 1.807) is 41.2 Å². The molecule has 0 bridgehead atoms. The topological polar surface area (TPSA) is 109 Å². The van der Waals surface area contributed by atoms with E-state index in [0.717, 1.165) is 4.47 Å². The number of para-hydroxylation sites is 1. The van der Waals surface area contributed by atoms with Crippen molar-refractivity contribution in [3.8, 4) is 0 Å². The number of aromatic amines is 1. The first-order chi connectivity index (χ1) is 12.0. The van der Waals surface area contributed by atoms with Crippen LogP contribution in [0, 0.1) is 0 Å². The fraction of sp³-hybridized carbons (Fsp3) is 0.125. The van der Waals surface area contributed by atoms with E-state index in [1.165, 1.54) is 6.20 Å². The first-order valence-electron chi connectivity index (χ1n) is 7.42. The Balaban J connectivity index is 1.59. The molecule has 8 nitrogen and oxygen atoms in total. The number of benzene rings is 1. The number of aromatic nitrogens is 3. The number of aryl methyl sites for hydroxylation is 1. The maximum absolute atomic E-state index is 11.9. The van der Waals surface area contributed by atoms with Gasteiger partial charge in [0, 0.05) is 22.5 Å². The Morgan fingerprint density at radius 3 is 2.80 bits per heavy atom. The molecule has 3 aromatic rings. The van der Waals surface area contributed by atoms with Gasteiger partial charge in [-0.05, 0) is 34.1 Å². The summed E-state index contributed by atoms with van der Waals surface area (Å²) in [6.45, 7) is 0.274. The van der Waals surface area contributed by atoms with Gasteiger partial charge in [-0.25, -0.2) is 0 Å². The van der Waals surface area contributed by atoms with E-state index in [9.17, 15) is 14.4 Å². The van der Waals surface area contributed by atoms with Crippen molar-refractivity contribution in [3.05, 3.63) is 63.1 Å². The van der Waals surface area contributed by atoms with Gasteiger partial charge in [0.15, 0.2) is 0 Å². The van der Waals surface area contributed by atoms with Crippen LogP contribution < -0.4 is 16.3 Å². The monoisotopic (exact) mass is 403 g/mol. The maximum atomic E-state index is 11.9. The third-order valence-electron chi connectivity index (χ3n) is 3.52. The number of nitrogens with one attached hydrogen (secondary N) is 3. The fourth-order valence-corrected chi connectivity index (χ4v) is 2.65. The van der Waals surface area contributed by atoms with Crippen molar-refractivity contribution in [3.63, 3.8) is 0 Å². The fourth-order valence-electron chi connectivity index (χ4n) is 2.30. The van der Waals surface area contributed by atoms with Gasteiger partial charge in [-0.3, -0.25) is 29.9 Å². The zero-order valence-corrected chi connectivity index (χ0v) is 14.5. The van der Waals surface area contributed by atoms with Gasteiger partial charge in [0.1, 0.15) is 5.69 Å². The normalized spacial score (nSPS) is 10.6. The third-order valence-corrected chi connectivity index (χ3v) is 3.98. The minimum atomic E-state index is -0.453. The number of hydrogen-bond donors (Lipinski definition) is 3. The first kappa shape index (κ1) is 16.9. The van der Waals surface area contributed by atoms with E-state index in [4.69, 9.17) is 0 Å². The molecule has 25 heavy (non-hydrogen) atoms. The molecule has 2 amide bonds. The number of H-pyrrole nitrogens is 1. The summed E-state index contributed by atoms with van der Waals surface area (Å²) in [5.41, 5.74) is 5.48. The zero-order chi connectivity index (χ0) is 17.8. The number of halogens is 1. The second-order valence-electron chi connectivity index (χ2n) is 5.23. The molecule has 0 aliphatic carbocycles. The number of nitrogens with zero attached hydrogens (tertiary/aromatic N) is 2.